The molecular formula is C34H29ClFN7O4. The zero-order valence-electron chi connectivity index (χ0n) is 25.5. The Balaban J connectivity index is 1.12. The highest BCUT2D eigenvalue weighted by molar-refractivity contribution is 6.31. The lowest BCUT2D eigenvalue weighted by Gasteiger charge is -2.28. The molecule has 238 valence electrons. The molecule has 0 aliphatic carbocycles. The van der Waals surface area contributed by atoms with Gasteiger partial charge in [-0.1, -0.05) is 48.9 Å². The van der Waals surface area contributed by atoms with Crippen molar-refractivity contribution in [3.05, 3.63) is 113 Å². The summed E-state index contributed by atoms with van der Waals surface area (Å²) in [5.74, 6) is 0.0789. The number of imidazole rings is 1. The van der Waals surface area contributed by atoms with Crippen molar-refractivity contribution in [3.63, 3.8) is 0 Å². The third kappa shape index (κ3) is 6.05. The highest BCUT2D eigenvalue weighted by atomic mass is 35.5. The van der Waals surface area contributed by atoms with E-state index in [1.54, 1.807) is 61.1 Å². The minimum atomic E-state index is -1.02. The number of rotatable bonds is 9. The molecule has 1 unspecified atom stereocenters. The monoisotopic (exact) mass is 653 g/mol. The fraction of sp³-hybridized carbons (Fsp3) is 0.235. The molecule has 5 heterocycles. The Bertz CT molecular complexity index is 2120. The van der Waals surface area contributed by atoms with Gasteiger partial charge in [-0.2, -0.15) is 0 Å². The van der Waals surface area contributed by atoms with Gasteiger partial charge in [0.25, 0.3) is 0 Å². The molecule has 0 bridgehead atoms. The summed E-state index contributed by atoms with van der Waals surface area (Å²) in [5, 5.41) is 17.8. The van der Waals surface area contributed by atoms with E-state index in [1.165, 1.54) is 16.8 Å². The Hall–Kier alpha value is -5.20. The van der Waals surface area contributed by atoms with Crippen LogP contribution in [-0.4, -0.2) is 58.8 Å². The molecule has 13 heteroatoms. The number of halogens is 2. The average molecular weight is 654 g/mol. The van der Waals surface area contributed by atoms with E-state index in [4.69, 9.17) is 26.1 Å². The lowest BCUT2D eigenvalue weighted by atomic mass is 9.87. The van der Waals surface area contributed by atoms with Crippen LogP contribution in [0.3, 0.4) is 0 Å². The third-order valence-electron chi connectivity index (χ3n) is 8.34. The van der Waals surface area contributed by atoms with E-state index in [0.717, 1.165) is 0 Å². The van der Waals surface area contributed by atoms with Crippen molar-refractivity contribution < 1.29 is 23.8 Å². The maximum Gasteiger partial charge on any atom is 0.335 e. The maximum absolute atomic E-state index is 15.7. The molecule has 47 heavy (non-hydrogen) atoms. The Morgan fingerprint density at radius 3 is 2.72 bits per heavy atom. The average Bonchev–Trinajstić information content (AvgIpc) is 3.80. The van der Waals surface area contributed by atoms with Crippen LogP contribution in [-0.2, 0) is 17.8 Å². The molecule has 7 rings (SSSR count). The van der Waals surface area contributed by atoms with Gasteiger partial charge in [-0.3, -0.25) is 0 Å². The Morgan fingerprint density at radius 2 is 2.00 bits per heavy atom. The molecule has 6 aromatic rings. The standard InChI is InChI=1S/C34H29ClFN7O4/c1-34(2)19-46-18-29(34)43-28-13-22(33(44)45)8-9-27(28)39-31(43)14-20-6-7-21(12-25(20)36)26-4-3-5-32(40-26)47-17-23-16-37-30(15-24(23)35)42-11-10-38-41-42/h3-13,15-16,29H,14,17-19H2,1-2H3,(H,44,45). The molecule has 11 nitrogen and oxygen atoms in total. The number of benzene rings is 2. The van der Waals surface area contributed by atoms with Gasteiger partial charge in [-0.05, 0) is 35.9 Å². The molecule has 0 saturated carbocycles. The van der Waals surface area contributed by atoms with Crippen LogP contribution in [0.5, 0.6) is 5.88 Å². The molecule has 1 fully saturated rings. The van der Waals surface area contributed by atoms with E-state index < -0.39 is 11.8 Å². The number of nitrogens with zero attached hydrogens (tertiary/aromatic N) is 7. The van der Waals surface area contributed by atoms with Crippen LogP contribution in [0.1, 0.15) is 47.2 Å². The lowest BCUT2D eigenvalue weighted by molar-refractivity contribution is 0.0697. The number of ether oxygens (including phenoxy) is 2. The summed E-state index contributed by atoms with van der Waals surface area (Å²) in [6, 6.07) is 16.7. The van der Waals surface area contributed by atoms with Crippen molar-refractivity contribution in [1.82, 2.24) is 34.5 Å². The number of hydrogen-bond acceptors (Lipinski definition) is 8. The number of pyridine rings is 2. The highest BCUT2D eigenvalue weighted by Crippen LogP contribution is 2.40. The number of hydrogen-bond donors (Lipinski definition) is 1. The van der Waals surface area contributed by atoms with Crippen molar-refractivity contribution in [2.75, 3.05) is 13.2 Å². The van der Waals surface area contributed by atoms with Gasteiger partial charge in [-0.25, -0.2) is 28.8 Å². The first kappa shape index (κ1) is 30.5. The first-order valence-electron chi connectivity index (χ1n) is 14.9. The second-order valence-corrected chi connectivity index (χ2v) is 12.4. The van der Waals surface area contributed by atoms with Gasteiger partial charge >= 0.3 is 5.97 Å². The van der Waals surface area contributed by atoms with Crippen molar-refractivity contribution >= 4 is 28.6 Å². The minimum absolute atomic E-state index is 0.0990. The third-order valence-corrected chi connectivity index (χ3v) is 8.69. The summed E-state index contributed by atoms with van der Waals surface area (Å²) in [6.45, 7) is 5.33. The van der Waals surface area contributed by atoms with Gasteiger partial charge < -0.3 is 19.1 Å². The van der Waals surface area contributed by atoms with Gasteiger partial charge in [0.15, 0.2) is 5.82 Å². The molecule has 0 spiro atoms. The van der Waals surface area contributed by atoms with Crippen LogP contribution in [0.2, 0.25) is 5.02 Å². The van der Waals surface area contributed by atoms with Crippen LogP contribution in [0.25, 0.3) is 28.1 Å². The van der Waals surface area contributed by atoms with Crippen LogP contribution in [0.4, 0.5) is 4.39 Å². The smallest absolute Gasteiger partial charge is 0.335 e. The van der Waals surface area contributed by atoms with Crippen LogP contribution in [0.15, 0.2) is 79.3 Å². The first-order valence-corrected chi connectivity index (χ1v) is 15.3. The predicted octanol–water partition coefficient (Wildman–Crippen LogP) is 6.33. The van der Waals surface area contributed by atoms with E-state index in [1.807, 2.05) is 10.6 Å². The fourth-order valence-electron chi connectivity index (χ4n) is 5.77. The molecule has 0 amide bonds. The van der Waals surface area contributed by atoms with E-state index in [0.29, 0.717) is 69.2 Å². The summed E-state index contributed by atoms with van der Waals surface area (Å²) in [6.07, 6.45) is 5.03. The summed E-state index contributed by atoms with van der Waals surface area (Å²) < 4.78 is 31.0. The van der Waals surface area contributed by atoms with Crippen molar-refractivity contribution in [3.8, 4) is 23.0 Å². The summed E-state index contributed by atoms with van der Waals surface area (Å²) in [7, 11) is 0. The summed E-state index contributed by atoms with van der Waals surface area (Å²) >= 11 is 6.45. The number of fused-ring (bicyclic) bond motifs is 1. The molecule has 1 aliphatic heterocycles. The summed E-state index contributed by atoms with van der Waals surface area (Å²) in [5.41, 5.74) is 3.50. The SMILES string of the molecule is CC1(C)COCC1n1c(Cc2ccc(-c3cccc(OCc4cnc(-n5ccnn5)cc4Cl)n3)cc2F)nc2ccc(C(=O)O)cc21. The number of aromatic nitrogens is 7. The van der Waals surface area contributed by atoms with Gasteiger partial charge in [0.2, 0.25) is 5.88 Å². The molecule has 0 radical (unpaired) electrons. The van der Waals surface area contributed by atoms with E-state index in [9.17, 15) is 9.90 Å². The van der Waals surface area contributed by atoms with Crippen LogP contribution < -0.4 is 4.74 Å². The van der Waals surface area contributed by atoms with Gasteiger partial charge in [0.05, 0.1) is 59.0 Å². The second kappa shape index (κ2) is 12.2. The largest absolute Gasteiger partial charge is 0.478 e. The molecule has 1 aliphatic rings. The van der Waals surface area contributed by atoms with Gasteiger partial charge in [0, 0.05) is 41.3 Å². The number of aromatic carboxylic acids is 1. The fourth-order valence-corrected chi connectivity index (χ4v) is 5.97. The molecular weight excluding hydrogens is 625 g/mol. The summed E-state index contributed by atoms with van der Waals surface area (Å²) in [4.78, 5) is 25.5. The van der Waals surface area contributed by atoms with Crippen molar-refractivity contribution in [1.29, 1.82) is 0 Å². The molecule has 4 aromatic heterocycles. The molecule has 1 atom stereocenters. The zero-order chi connectivity index (χ0) is 32.7. The molecule has 1 saturated heterocycles. The van der Waals surface area contributed by atoms with Crippen LogP contribution >= 0.6 is 11.6 Å². The van der Waals surface area contributed by atoms with Crippen molar-refractivity contribution in [2.45, 2.75) is 32.9 Å². The predicted molar refractivity (Wildman–Crippen MR) is 171 cm³/mol. The number of carboxylic acids is 1. The second-order valence-electron chi connectivity index (χ2n) is 12.0. The van der Waals surface area contributed by atoms with E-state index >= 15 is 4.39 Å². The Morgan fingerprint density at radius 1 is 1.13 bits per heavy atom. The molecule has 2 aromatic carbocycles. The van der Waals surface area contributed by atoms with Crippen molar-refractivity contribution in [2.24, 2.45) is 5.41 Å². The Kier molecular flexibility index (Phi) is 7.90. The minimum Gasteiger partial charge on any atom is -0.478 e. The lowest BCUT2D eigenvalue weighted by Crippen LogP contribution is -2.27. The molecule has 1 N–H and O–H groups in total. The van der Waals surface area contributed by atoms with E-state index in [-0.39, 0.29) is 30.0 Å². The first-order chi connectivity index (χ1) is 22.7. The van der Waals surface area contributed by atoms with Crippen LogP contribution in [0, 0.1) is 11.2 Å². The van der Waals surface area contributed by atoms with Gasteiger partial charge in [-0.15, -0.1) is 5.10 Å². The normalized spacial score (nSPS) is 15.7. The zero-order valence-corrected chi connectivity index (χ0v) is 26.2. The highest BCUT2D eigenvalue weighted by Gasteiger charge is 2.39. The quantitative estimate of drug-likeness (QED) is 0.190. The van der Waals surface area contributed by atoms with Gasteiger partial charge in [0.1, 0.15) is 18.2 Å². The topological polar surface area (TPSA) is 130 Å². The maximum atomic E-state index is 15.7. The number of carbonyl (C=O) groups is 1. The Labute approximate surface area is 273 Å². The number of carboxylic acid groups (broad SMARTS) is 1. The van der Waals surface area contributed by atoms with E-state index in [2.05, 4.69) is 34.1 Å².